The van der Waals surface area contributed by atoms with Crippen molar-refractivity contribution in [3.05, 3.63) is 77.1 Å². The monoisotopic (exact) mass is 852 g/mol. The fourth-order valence-electron chi connectivity index (χ4n) is 7.11. The van der Waals surface area contributed by atoms with Crippen LogP contribution in [0.5, 0.6) is 5.75 Å². The van der Waals surface area contributed by atoms with Crippen LogP contribution in [0.3, 0.4) is 0 Å². The minimum absolute atomic E-state index is 0.0243. The van der Waals surface area contributed by atoms with E-state index in [0.29, 0.717) is 35.4 Å². The molecule has 61 heavy (non-hydrogen) atoms. The summed E-state index contributed by atoms with van der Waals surface area (Å²) in [7, 11) is 1.95. The van der Waals surface area contributed by atoms with Gasteiger partial charge in [-0.25, -0.2) is 33.2 Å². The highest BCUT2D eigenvalue weighted by atomic mass is 19.1. The third kappa shape index (κ3) is 15.2. The Morgan fingerprint density at radius 1 is 0.672 bits per heavy atom. The summed E-state index contributed by atoms with van der Waals surface area (Å²) in [5, 5.41) is 0. The molecule has 13 nitrogen and oxygen atoms in total. The summed E-state index contributed by atoms with van der Waals surface area (Å²) in [6, 6.07) is 9.02. The molecule has 2 aromatic rings. The number of benzene rings is 2. The topological polar surface area (TPSA) is 167 Å². The quantitative estimate of drug-likeness (QED) is 0.0369. The Hall–Kier alpha value is -5.53. The molecule has 334 valence electrons. The van der Waals surface area contributed by atoms with Gasteiger partial charge in [-0.05, 0) is 111 Å². The average Bonchev–Trinajstić information content (AvgIpc) is 3.26. The molecule has 0 unspecified atom stereocenters. The van der Waals surface area contributed by atoms with Crippen LogP contribution in [0.15, 0.2) is 54.6 Å². The van der Waals surface area contributed by atoms with E-state index in [1.165, 1.54) is 39.5 Å². The standard InChI is InChI=1S/C47H61FO13/c1-9-11-12-14-32-16-18-34(19-17-32)35-20-21-37(39(48)24-35)38-23-36(15-13-22-57-41(49)30(3)4)40(25-33(38)10-2)58-26-47(27-59-42(50)31(5)6,28-60-45(53)43(51)55-7)29-61-46(54)44(52)56-8/h20-21,23-25,32,34H,3,5,9-19,22,26-29H2,1-2,4,6-8H3. The highest BCUT2D eigenvalue weighted by Crippen LogP contribution is 2.40. The molecule has 0 bridgehead atoms. The maximum atomic E-state index is 16.3. The van der Waals surface area contributed by atoms with Gasteiger partial charge in [-0.3, -0.25) is 0 Å². The highest BCUT2D eigenvalue weighted by Gasteiger charge is 2.39. The van der Waals surface area contributed by atoms with E-state index in [-0.39, 0.29) is 35.7 Å². The maximum absolute atomic E-state index is 16.3. The number of hydrogen-bond acceptors (Lipinski definition) is 13. The molecular weight excluding hydrogens is 792 g/mol. The lowest BCUT2D eigenvalue weighted by Crippen LogP contribution is -2.45. The zero-order chi connectivity index (χ0) is 45.1. The number of unbranched alkanes of at least 4 members (excludes halogenated alkanes) is 2. The molecule has 0 aromatic heterocycles. The van der Waals surface area contributed by atoms with Crippen LogP contribution in [0, 0.1) is 17.2 Å². The number of aryl methyl sites for hydroxylation is 2. The molecule has 1 aliphatic rings. The molecule has 0 heterocycles. The Kier molecular flexibility index (Phi) is 20.1. The second kappa shape index (κ2) is 24.7. The molecule has 0 atom stereocenters. The normalized spacial score (nSPS) is 14.9. The first kappa shape index (κ1) is 49.8. The van der Waals surface area contributed by atoms with E-state index in [4.69, 9.17) is 23.7 Å². The second-order valence-electron chi connectivity index (χ2n) is 15.7. The van der Waals surface area contributed by atoms with Crippen LogP contribution in [0.1, 0.15) is 108 Å². The smallest absolute Gasteiger partial charge is 0.417 e. The van der Waals surface area contributed by atoms with E-state index in [0.717, 1.165) is 56.9 Å². The number of carbonyl (C=O) groups is 6. The molecule has 0 aliphatic heterocycles. The molecule has 2 aromatic carbocycles. The molecule has 0 spiro atoms. The summed E-state index contributed by atoms with van der Waals surface area (Å²) in [4.78, 5) is 73.6. The molecule has 0 amide bonds. The Balaban J connectivity index is 2.05. The minimum Gasteiger partial charge on any atom is -0.492 e. The van der Waals surface area contributed by atoms with Crippen molar-refractivity contribution < 1.29 is 66.3 Å². The van der Waals surface area contributed by atoms with Gasteiger partial charge in [0.1, 0.15) is 43.4 Å². The molecule has 1 aliphatic carbocycles. The van der Waals surface area contributed by atoms with E-state index in [9.17, 15) is 28.8 Å². The van der Waals surface area contributed by atoms with E-state index in [1.54, 1.807) is 12.1 Å². The minimum atomic E-state index is -1.73. The summed E-state index contributed by atoms with van der Waals surface area (Å²) in [6.07, 6.45) is 10.4. The third-order valence-corrected chi connectivity index (χ3v) is 10.8. The Morgan fingerprint density at radius 2 is 1.25 bits per heavy atom. The lowest BCUT2D eigenvalue weighted by molar-refractivity contribution is -0.177. The van der Waals surface area contributed by atoms with Gasteiger partial charge in [0.05, 0.1) is 20.8 Å². The molecule has 3 rings (SSSR count). The van der Waals surface area contributed by atoms with Gasteiger partial charge in [-0.2, -0.15) is 0 Å². The maximum Gasteiger partial charge on any atom is 0.417 e. The SMILES string of the molecule is C=C(C)C(=O)OCCCc1cc(-c2ccc(C3CCC(CCCCC)CC3)cc2F)c(CC)cc1OCC(COC(=O)C(=C)C)(COC(=O)C(=O)OC)COC(=O)C(=O)OC. The number of rotatable bonds is 22. The van der Waals surface area contributed by atoms with Gasteiger partial charge in [-0.1, -0.05) is 64.8 Å². The summed E-state index contributed by atoms with van der Waals surface area (Å²) < 4.78 is 52.8. The summed E-state index contributed by atoms with van der Waals surface area (Å²) in [5.74, 6) is -5.91. The number of ether oxygens (including phenoxy) is 7. The van der Waals surface area contributed by atoms with Crippen molar-refractivity contribution in [3.63, 3.8) is 0 Å². The van der Waals surface area contributed by atoms with Crippen molar-refractivity contribution in [3.8, 4) is 16.9 Å². The summed E-state index contributed by atoms with van der Waals surface area (Å²) >= 11 is 0. The van der Waals surface area contributed by atoms with Crippen LogP contribution in [0.2, 0.25) is 0 Å². The number of carbonyl (C=O) groups excluding carboxylic acids is 6. The van der Waals surface area contributed by atoms with Crippen LogP contribution < -0.4 is 4.74 Å². The molecular formula is C47H61FO13. The predicted molar refractivity (Wildman–Crippen MR) is 224 cm³/mol. The second-order valence-corrected chi connectivity index (χ2v) is 15.7. The van der Waals surface area contributed by atoms with Crippen LogP contribution in [0.4, 0.5) is 4.39 Å². The predicted octanol–water partition coefficient (Wildman–Crippen LogP) is 7.88. The van der Waals surface area contributed by atoms with Gasteiger partial charge in [0.25, 0.3) is 0 Å². The molecule has 14 heteroatoms. The third-order valence-electron chi connectivity index (χ3n) is 10.8. The fourth-order valence-corrected chi connectivity index (χ4v) is 7.11. The lowest BCUT2D eigenvalue weighted by atomic mass is 9.76. The van der Waals surface area contributed by atoms with Gasteiger partial charge in [-0.15, -0.1) is 0 Å². The lowest BCUT2D eigenvalue weighted by Gasteiger charge is -2.32. The zero-order valence-electron chi connectivity index (χ0n) is 36.5. The Labute approximate surface area is 358 Å². The largest absolute Gasteiger partial charge is 0.492 e. The van der Waals surface area contributed by atoms with Crippen LogP contribution in [0.25, 0.3) is 11.1 Å². The molecule has 0 N–H and O–H groups in total. The van der Waals surface area contributed by atoms with Crippen molar-refractivity contribution in [2.24, 2.45) is 11.3 Å². The molecule has 1 fully saturated rings. The van der Waals surface area contributed by atoms with Crippen LogP contribution >= 0.6 is 0 Å². The number of esters is 6. The number of halogens is 1. The fraction of sp³-hybridized carbons (Fsp3) is 0.532. The van der Waals surface area contributed by atoms with Crippen molar-refractivity contribution in [2.75, 3.05) is 47.3 Å². The van der Waals surface area contributed by atoms with Crippen LogP contribution in [-0.2, 0) is 70.0 Å². The Bertz CT molecular complexity index is 1860. The first-order valence-corrected chi connectivity index (χ1v) is 20.8. The van der Waals surface area contributed by atoms with Gasteiger partial charge in [0.2, 0.25) is 0 Å². The van der Waals surface area contributed by atoms with Crippen LogP contribution in [-0.4, -0.2) is 83.1 Å². The zero-order valence-corrected chi connectivity index (χ0v) is 36.5. The van der Waals surface area contributed by atoms with E-state index in [2.05, 4.69) is 29.6 Å². The molecule has 0 radical (unpaired) electrons. The van der Waals surface area contributed by atoms with Gasteiger partial charge in [0, 0.05) is 16.7 Å². The van der Waals surface area contributed by atoms with E-state index < -0.39 is 67.7 Å². The highest BCUT2D eigenvalue weighted by molar-refractivity contribution is 6.30. The van der Waals surface area contributed by atoms with Crippen molar-refractivity contribution in [1.29, 1.82) is 0 Å². The summed E-state index contributed by atoms with van der Waals surface area (Å²) in [6.45, 7) is 11.8. The van der Waals surface area contributed by atoms with Crippen molar-refractivity contribution in [2.45, 2.75) is 104 Å². The van der Waals surface area contributed by atoms with Gasteiger partial charge in [0.15, 0.2) is 0 Å². The first-order chi connectivity index (χ1) is 29.1. The molecule has 1 saturated carbocycles. The van der Waals surface area contributed by atoms with Gasteiger partial charge < -0.3 is 33.2 Å². The average molecular weight is 853 g/mol. The van der Waals surface area contributed by atoms with E-state index >= 15 is 4.39 Å². The number of hydrogen-bond donors (Lipinski definition) is 0. The first-order valence-electron chi connectivity index (χ1n) is 20.8. The van der Waals surface area contributed by atoms with Crippen molar-refractivity contribution in [1.82, 2.24) is 0 Å². The van der Waals surface area contributed by atoms with E-state index in [1.807, 2.05) is 25.1 Å². The molecule has 0 saturated heterocycles. The van der Waals surface area contributed by atoms with Gasteiger partial charge >= 0.3 is 35.8 Å². The number of methoxy groups -OCH3 is 2. The van der Waals surface area contributed by atoms with Crippen molar-refractivity contribution >= 4 is 35.8 Å². The Morgan fingerprint density at radius 3 is 1.77 bits per heavy atom. The summed E-state index contributed by atoms with van der Waals surface area (Å²) in [5.41, 5.74) is 1.85.